The summed E-state index contributed by atoms with van der Waals surface area (Å²) in [5.74, 6) is -0.926. The fourth-order valence-corrected chi connectivity index (χ4v) is 3.99. The molecule has 0 aliphatic carbocycles. The Balaban J connectivity index is 1.75. The number of hydrogen-bond donors (Lipinski definition) is 1. The van der Waals surface area contributed by atoms with Crippen LogP contribution in [0.2, 0.25) is 5.02 Å². The molecule has 4 aromatic rings. The normalized spacial score (nSPS) is 12.9. The maximum Gasteiger partial charge on any atom is 0.341 e. The van der Waals surface area contributed by atoms with Gasteiger partial charge in [-0.05, 0) is 23.8 Å². The number of aromatic nitrogens is 4. The number of benzene rings is 1. The summed E-state index contributed by atoms with van der Waals surface area (Å²) in [6, 6.07) is 7.21. The van der Waals surface area contributed by atoms with E-state index in [4.69, 9.17) is 11.6 Å². The molecule has 0 saturated carbocycles. The van der Waals surface area contributed by atoms with Crippen molar-refractivity contribution in [1.82, 2.24) is 19.5 Å². The van der Waals surface area contributed by atoms with Gasteiger partial charge in [-0.3, -0.25) is 19.3 Å². The standard InChI is InChI=1S/C21H14ClN5O3/c22-15-6-13-17(7-18(15)26-9-12-2-1-3-24-16(12)11-26)27(19-8-23-4-5-25-19)10-14(20(13)28)21(29)30/h1-8,10H,9,11H2,(H,29,30). The van der Waals surface area contributed by atoms with Crippen molar-refractivity contribution >= 4 is 34.2 Å². The molecular formula is C21H14ClN5O3. The molecule has 0 atom stereocenters. The van der Waals surface area contributed by atoms with Gasteiger partial charge in [-0.2, -0.15) is 0 Å². The van der Waals surface area contributed by atoms with Crippen LogP contribution >= 0.6 is 11.6 Å². The van der Waals surface area contributed by atoms with Gasteiger partial charge < -0.3 is 10.0 Å². The third-order valence-corrected chi connectivity index (χ3v) is 5.43. The van der Waals surface area contributed by atoms with Crippen LogP contribution in [0.3, 0.4) is 0 Å². The van der Waals surface area contributed by atoms with Crippen LogP contribution in [0.4, 0.5) is 5.69 Å². The second-order valence-corrected chi connectivity index (χ2v) is 7.30. The molecule has 1 aliphatic heterocycles. The number of fused-ring (bicyclic) bond motifs is 2. The highest BCUT2D eigenvalue weighted by atomic mass is 35.5. The van der Waals surface area contributed by atoms with Gasteiger partial charge in [0.2, 0.25) is 5.43 Å². The molecule has 0 amide bonds. The molecule has 8 nitrogen and oxygen atoms in total. The average Bonchev–Trinajstić information content (AvgIpc) is 3.18. The molecule has 9 heteroatoms. The summed E-state index contributed by atoms with van der Waals surface area (Å²) < 4.78 is 1.55. The predicted molar refractivity (Wildman–Crippen MR) is 111 cm³/mol. The number of halogens is 1. The van der Waals surface area contributed by atoms with Crippen molar-refractivity contribution in [3.05, 3.63) is 87.3 Å². The third kappa shape index (κ3) is 2.89. The van der Waals surface area contributed by atoms with E-state index in [2.05, 4.69) is 19.9 Å². The zero-order chi connectivity index (χ0) is 20.8. The van der Waals surface area contributed by atoms with E-state index in [1.807, 2.05) is 12.1 Å². The van der Waals surface area contributed by atoms with Crippen molar-refractivity contribution in [2.24, 2.45) is 0 Å². The topological polar surface area (TPSA) is 101 Å². The van der Waals surface area contributed by atoms with Crippen LogP contribution in [0.15, 0.2) is 60.0 Å². The second-order valence-electron chi connectivity index (χ2n) is 6.90. The van der Waals surface area contributed by atoms with Crippen LogP contribution < -0.4 is 10.3 Å². The highest BCUT2D eigenvalue weighted by Crippen LogP contribution is 2.35. The molecule has 0 saturated heterocycles. The fourth-order valence-electron chi connectivity index (χ4n) is 3.70. The lowest BCUT2D eigenvalue weighted by Crippen LogP contribution is -2.20. The molecule has 0 bridgehead atoms. The molecular weight excluding hydrogens is 406 g/mol. The Morgan fingerprint density at radius 2 is 2.00 bits per heavy atom. The highest BCUT2D eigenvalue weighted by Gasteiger charge is 2.24. The zero-order valence-corrected chi connectivity index (χ0v) is 16.2. The number of anilines is 1. The van der Waals surface area contributed by atoms with Crippen LogP contribution in [-0.4, -0.2) is 30.6 Å². The first-order valence-electron chi connectivity index (χ1n) is 9.09. The van der Waals surface area contributed by atoms with Gasteiger partial charge in [0.25, 0.3) is 0 Å². The number of carboxylic acid groups (broad SMARTS) is 1. The molecule has 148 valence electrons. The number of pyridine rings is 2. The highest BCUT2D eigenvalue weighted by molar-refractivity contribution is 6.34. The van der Waals surface area contributed by atoms with E-state index in [-0.39, 0.29) is 10.9 Å². The van der Waals surface area contributed by atoms with Gasteiger partial charge in [0.1, 0.15) is 5.56 Å². The first kappa shape index (κ1) is 18.3. The molecule has 0 unspecified atom stereocenters. The van der Waals surface area contributed by atoms with Crippen LogP contribution in [0.5, 0.6) is 0 Å². The first-order valence-corrected chi connectivity index (χ1v) is 9.47. The lowest BCUT2D eigenvalue weighted by atomic mass is 10.1. The lowest BCUT2D eigenvalue weighted by molar-refractivity contribution is 0.0695. The summed E-state index contributed by atoms with van der Waals surface area (Å²) in [5.41, 5.74) is 2.34. The second kappa shape index (κ2) is 6.93. The first-order chi connectivity index (χ1) is 14.5. The lowest BCUT2D eigenvalue weighted by Gasteiger charge is -2.21. The van der Waals surface area contributed by atoms with Gasteiger partial charge >= 0.3 is 5.97 Å². The predicted octanol–water partition coefficient (Wildman–Crippen LogP) is 3.05. The zero-order valence-electron chi connectivity index (χ0n) is 15.5. The summed E-state index contributed by atoms with van der Waals surface area (Å²) >= 11 is 6.54. The molecule has 0 spiro atoms. The SMILES string of the molecule is O=C(O)c1cn(-c2cnccn2)c2cc(N3Cc4cccnc4C3)c(Cl)cc2c1=O. The Kier molecular flexibility index (Phi) is 4.22. The van der Waals surface area contributed by atoms with E-state index >= 15 is 0 Å². The van der Waals surface area contributed by atoms with Crippen LogP contribution in [0.25, 0.3) is 16.7 Å². The van der Waals surface area contributed by atoms with Crippen molar-refractivity contribution in [2.45, 2.75) is 13.1 Å². The van der Waals surface area contributed by atoms with E-state index in [0.717, 1.165) is 16.9 Å². The van der Waals surface area contributed by atoms with Crippen LogP contribution in [-0.2, 0) is 13.1 Å². The van der Waals surface area contributed by atoms with Gasteiger partial charge in [-0.25, -0.2) is 9.78 Å². The van der Waals surface area contributed by atoms with Gasteiger partial charge in [-0.15, -0.1) is 0 Å². The van der Waals surface area contributed by atoms with Crippen molar-refractivity contribution in [3.63, 3.8) is 0 Å². The van der Waals surface area contributed by atoms with Gasteiger partial charge in [0.05, 0.1) is 34.7 Å². The maximum absolute atomic E-state index is 12.8. The smallest absolute Gasteiger partial charge is 0.341 e. The van der Waals surface area contributed by atoms with Crippen molar-refractivity contribution < 1.29 is 9.90 Å². The number of nitrogens with zero attached hydrogens (tertiary/aromatic N) is 5. The largest absolute Gasteiger partial charge is 0.477 e. The van der Waals surface area contributed by atoms with Crippen LogP contribution in [0.1, 0.15) is 21.6 Å². The molecule has 0 radical (unpaired) electrons. The van der Waals surface area contributed by atoms with E-state index < -0.39 is 11.4 Å². The molecule has 3 aromatic heterocycles. The molecule has 5 rings (SSSR count). The summed E-state index contributed by atoms with van der Waals surface area (Å²) in [4.78, 5) is 39.2. The Labute approximate surface area is 175 Å². The summed E-state index contributed by atoms with van der Waals surface area (Å²) in [5, 5.41) is 10.1. The van der Waals surface area contributed by atoms with Crippen molar-refractivity contribution in [3.8, 4) is 5.82 Å². The third-order valence-electron chi connectivity index (χ3n) is 5.13. The summed E-state index contributed by atoms with van der Waals surface area (Å²) in [6.45, 7) is 1.22. The maximum atomic E-state index is 12.8. The molecule has 30 heavy (non-hydrogen) atoms. The fraction of sp³-hybridized carbons (Fsp3) is 0.0952. The monoisotopic (exact) mass is 419 g/mol. The van der Waals surface area contributed by atoms with Gasteiger partial charge in [-0.1, -0.05) is 17.7 Å². The Morgan fingerprint density at radius 1 is 1.13 bits per heavy atom. The quantitative estimate of drug-likeness (QED) is 0.544. The van der Waals surface area contributed by atoms with Gasteiger partial charge in [0.15, 0.2) is 5.82 Å². The van der Waals surface area contributed by atoms with Crippen LogP contribution in [0, 0.1) is 0 Å². The number of rotatable bonds is 3. The van der Waals surface area contributed by atoms with E-state index in [1.54, 1.807) is 16.8 Å². The van der Waals surface area contributed by atoms with E-state index in [0.29, 0.717) is 29.4 Å². The average molecular weight is 420 g/mol. The number of carboxylic acids is 1. The molecule has 1 aromatic carbocycles. The number of aromatic carboxylic acids is 1. The minimum absolute atomic E-state index is 0.198. The number of hydrogen-bond acceptors (Lipinski definition) is 6. The Morgan fingerprint density at radius 3 is 2.73 bits per heavy atom. The Hall–Kier alpha value is -3.78. The van der Waals surface area contributed by atoms with E-state index in [1.165, 1.54) is 30.9 Å². The molecule has 1 aliphatic rings. The molecule has 1 N–H and O–H groups in total. The van der Waals surface area contributed by atoms with Gasteiger partial charge in [0, 0.05) is 36.7 Å². The Bertz CT molecular complexity index is 1350. The van der Waals surface area contributed by atoms with Crippen molar-refractivity contribution in [2.75, 3.05) is 4.90 Å². The molecule has 0 fully saturated rings. The minimum atomic E-state index is -1.32. The van der Waals surface area contributed by atoms with E-state index in [9.17, 15) is 14.7 Å². The summed E-state index contributed by atoms with van der Waals surface area (Å²) in [6.07, 6.45) is 7.54. The summed E-state index contributed by atoms with van der Waals surface area (Å²) in [7, 11) is 0. The van der Waals surface area contributed by atoms with Crippen molar-refractivity contribution in [1.29, 1.82) is 0 Å². The molecule has 4 heterocycles. The number of carbonyl (C=O) groups is 1. The minimum Gasteiger partial charge on any atom is -0.477 e.